The van der Waals surface area contributed by atoms with E-state index < -0.39 is 0 Å². The molecule has 1 aliphatic carbocycles. The molecule has 0 aromatic heterocycles. The fraction of sp³-hybridized carbons (Fsp3) is 1.00. The minimum absolute atomic E-state index is 0.242. The molecule has 0 radical (unpaired) electrons. The molecule has 1 saturated carbocycles. The molecule has 4 atom stereocenters. The van der Waals surface area contributed by atoms with E-state index in [1.165, 1.54) is 38.6 Å². The molecule has 19 heavy (non-hydrogen) atoms. The van der Waals surface area contributed by atoms with E-state index in [0.29, 0.717) is 0 Å². The largest absolute Gasteiger partial charge is 0.312 e. The van der Waals surface area contributed by atoms with E-state index in [-0.39, 0.29) is 5.54 Å². The van der Waals surface area contributed by atoms with Crippen LogP contribution in [0.2, 0.25) is 0 Å². The quantitative estimate of drug-likeness (QED) is 0.835. The van der Waals surface area contributed by atoms with Gasteiger partial charge in [-0.15, -0.1) is 0 Å². The minimum Gasteiger partial charge on any atom is -0.312 e. The second-order valence-electron chi connectivity index (χ2n) is 7.99. The van der Waals surface area contributed by atoms with Gasteiger partial charge in [-0.1, -0.05) is 19.8 Å². The van der Waals surface area contributed by atoms with Crippen molar-refractivity contribution in [3.05, 3.63) is 0 Å². The van der Waals surface area contributed by atoms with Crippen molar-refractivity contribution >= 4 is 0 Å². The molecule has 1 N–H and O–H groups in total. The Balaban J connectivity index is 1.86. The molecule has 4 unspecified atom stereocenters. The molecule has 2 nitrogen and oxygen atoms in total. The number of likely N-dealkylation sites (tertiary alicyclic amines) is 1. The summed E-state index contributed by atoms with van der Waals surface area (Å²) >= 11 is 0. The summed E-state index contributed by atoms with van der Waals surface area (Å²) in [4.78, 5) is 2.83. The molecule has 2 aliphatic rings. The van der Waals surface area contributed by atoms with Gasteiger partial charge in [0.15, 0.2) is 0 Å². The lowest BCUT2D eigenvalue weighted by Crippen LogP contribution is -2.48. The fourth-order valence-corrected chi connectivity index (χ4v) is 3.91. The topological polar surface area (TPSA) is 15.3 Å². The third-order valence-electron chi connectivity index (χ3n) is 5.35. The van der Waals surface area contributed by atoms with Gasteiger partial charge in [0.25, 0.3) is 0 Å². The van der Waals surface area contributed by atoms with Gasteiger partial charge in [0.2, 0.25) is 0 Å². The van der Waals surface area contributed by atoms with Crippen LogP contribution in [-0.4, -0.2) is 35.6 Å². The van der Waals surface area contributed by atoms with Crippen molar-refractivity contribution < 1.29 is 0 Å². The molecule has 2 rings (SSSR count). The summed E-state index contributed by atoms with van der Waals surface area (Å²) in [5.41, 5.74) is 0.242. The van der Waals surface area contributed by atoms with Crippen molar-refractivity contribution in [3.63, 3.8) is 0 Å². The summed E-state index contributed by atoms with van der Waals surface area (Å²) in [7, 11) is 0. The molecule has 1 aliphatic heterocycles. The van der Waals surface area contributed by atoms with Crippen LogP contribution in [0.15, 0.2) is 0 Å². The highest BCUT2D eigenvalue weighted by Crippen LogP contribution is 2.38. The van der Waals surface area contributed by atoms with Crippen molar-refractivity contribution in [2.24, 2.45) is 11.8 Å². The molecule has 2 fully saturated rings. The molecular weight excluding hydrogens is 232 g/mol. The molecular formula is C17H34N2. The zero-order chi connectivity index (χ0) is 14.0. The number of nitrogens with one attached hydrogen (secondary N) is 1. The Morgan fingerprint density at radius 2 is 1.79 bits per heavy atom. The van der Waals surface area contributed by atoms with Gasteiger partial charge in [0.05, 0.1) is 0 Å². The van der Waals surface area contributed by atoms with Gasteiger partial charge in [-0.05, 0) is 71.9 Å². The van der Waals surface area contributed by atoms with E-state index in [9.17, 15) is 0 Å². The summed E-state index contributed by atoms with van der Waals surface area (Å²) in [6, 6.07) is 1.63. The van der Waals surface area contributed by atoms with Crippen molar-refractivity contribution in [2.45, 2.75) is 84.3 Å². The number of hydrogen-bond donors (Lipinski definition) is 1. The molecule has 1 saturated heterocycles. The third-order valence-corrected chi connectivity index (χ3v) is 5.35. The van der Waals surface area contributed by atoms with E-state index in [1.54, 1.807) is 0 Å². The Morgan fingerprint density at radius 3 is 2.47 bits per heavy atom. The maximum Gasteiger partial charge on any atom is 0.0127 e. The smallest absolute Gasteiger partial charge is 0.0127 e. The Bertz CT molecular complexity index is 281. The lowest BCUT2D eigenvalue weighted by Gasteiger charge is -2.39. The monoisotopic (exact) mass is 266 g/mol. The SMILES string of the molecule is CC(CNC(C)(C)C)C(C)N1CCC2CCCCC21. The van der Waals surface area contributed by atoms with Gasteiger partial charge in [-0.2, -0.15) is 0 Å². The lowest BCUT2D eigenvalue weighted by molar-refractivity contribution is 0.107. The van der Waals surface area contributed by atoms with E-state index in [2.05, 4.69) is 44.8 Å². The Morgan fingerprint density at radius 1 is 1.11 bits per heavy atom. The first-order valence-electron chi connectivity index (χ1n) is 8.39. The van der Waals surface area contributed by atoms with Crippen LogP contribution < -0.4 is 5.32 Å². The van der Waals surface area contributed by atoms with Gasteiger partial charge in [0.1, 0.15) is 0 Å². The number of rotatable bonds is 4. The van der Waals surface area contributed by atoms with E-state index in [0.717, 1.165) is 30.5 Å². The molecule has 0 amide bonds. The summed E-state index contributed by atoms with van der Waals surface area (Å²) in [5, 5.41) is 3.67. The van der Waals surface area contributed by atoms with Crippen LogP contribution in [0.25, 0.3) is 0 Å². The molecule has 0 aromatic rings. The van der Waals surface area contributed by atoms with E-state index in [1.807, 2.05) is 0 Å². The van der Waals surface area contributed by atoms with Crippen LogP contribution in [0.1, 0.15) is 66.7 Å². The van der Waals surface area contributed by atoms with Crippen molar-refractivity contribution in [3.8, 4) is 0 Å². The predicted molar refractivity (Wildman–Crippen MR) is 83.5 cm³/mol. The first-order chi connectivity index (χ1) is 8.88. The molecule has 112 valence electrons. The van der Waals surface area contributed by atoms with Gasteiger partial charge >= 0.3 is 0 Å². The van der Waals surface area contributed by atoms with Crippen LogP contribution in [0, 0.1) is 11.8 Å². The molecule has 0 spiro atoms. The maximum absolute atomic E-state index is 3.67. The minimum atomic E-state index is 0.242. The first-order valence-corrected chi connectivity index (χ1v) is 8.39. The summed E-state index contributed by atoms with van der Waals surface area (Å²) < 4.78 is 0. The zero-order valence-corrected chi connectivity index (χ0v) is 13.7. The van der Waals surface area contributed by atoms with Gasteiger partial charge < -0.3 is 5.32 Å². The Hall–Kier alpha value is -0.0800. The van der Waals surface area contributed by atoms with Crippen LogP contribution in [-0.2, 0) is 0 Å². The second kappa shape index (κ2) is 6.13. The van der Waals surface area contributed by atoms with Crippen molar-refractivity contribution in [2.75, 3.05) is 13.1 Å². The standard InChI is InChI=1S/C17H34N2/c1-13(12-18-17(3,4)5)14(2)19-11-10-15-8-6-7-9-16(15)19/h13-16,18H,6-12H2,1-5H3. The number of nitrogens with zero attached hydrogens (tertiary/aromatic N) is 1. The first kappa shape index (κ1) is 15.3. The van der Waals surface area contributed by atoms with Crippen LogP contribution in [0.4, 0.5) is 0 Å². The maximum atomic E-state index is 3.67. The summed E-state index contributed by atoms with van der Waals surface area (Å²) in [5.74, 6) is 1.75. The summed E-state index contributed by atoms with van der Waals surface area (Å²) in [6.07, 6.45) is 7.33. The molecule has 0 bridgehead atoms. The lowest BCUT2D eigenvalue weighted by atomic mass is 9.84. The number of fused-ring (bicyclic) bond motifs is 1. The van der Waals surface area contributed by atoms with Gasteiger partial charge in [-0.25, -0.2) is 0 Å². The highest BCUT2D eigenvalue weighted by molar-refractivity contribution is 4.93. The van der Waals surface area contributed by atoms with Crippen molar-refractivity contribution in [1.82, 2.24) is 10.2 Å². The van der Waals surface area contributed by atoms with Crippen LogP contribution >= 0.6 is 0 Å². The second-order valence-corrected chi connectivity index (χ2v) is 7.99. The average molecular weight is 266 g/mol. The molecule has 2 heteroatoms. The Labute approximate surface area is 120 Å². The van der Waals surface area contributed by atoms with Gasteiger partial charge in [0, 0.05) is 17.6 Å². The zero-order valence-electron chi connectivity index (χ0n) is 13.7. The molecule has 0 aromatic carbocycles. The van der Waals surface area contributed by atoms with E-state index in [4.69, 9.17) is 0 Å². The highest BCUT2D eigenvalue weighted by atomic mass is 15.2. The Kier molecular flexibility index (Phi) is 4.94. The van der Waals surface area contributed by atoms with Gasteiger partial charge in [-0.3, -0.25) is 4.90 Å². The predicted octanol–water partition coefficient (Wildman–Crippen LogP) is 3.66. The fourth-order valence-electron chi connectivity index (χ4n) is 3.91. The van der Waals surface area contributed by atoms with Crippen LogP contribution in [0.5, 0.6) is 0 Å². The van der Waals surface area contributed by atoms with E-state index >= 15 is 0 Å². The molecule has 1 heterocycles. The number of hydrogen-bond acceptors (Lipinski definition) is 2. The highest BCUT2D eigenvalue weighted by Gasteiger charge is 2.38. The summed E-state index contributed by atoms with van der Waals surface area (Å²) in [6.45, 7) is 14.1. The normalized spacial score (nSPS) is 32.1. The average Bonchev–Trinajstić information content (AvgIpc) is 2.78. The van der Waals surface area contributed by atoms with Crippen molar-refractivity contribution in [1.29, 1.82) is 0 Å². The van der Waals surface area contributed by atoms with Crippen LogP contribution in [0.3, 0.4) is 0 Å². The third kappa shape index (κ3) is 3.95.